The summed E-state index contributed by atoms with van der Waals surface area (Å²) in [6, 6.07) is 14.4. The number of benzene rings is 2. The van der Waals surface area contributed by atoms with Crippen LogP contribution in [0, 0.1) is 6.92 Å². The van der Waals surface area contributed by atoms with E-state index in [-0.39, 0.29) is 5.56 Å². The average molecular weight is 298 g/mol. The lowest BCUT2D eigenvalue weighted by Crippen LogP contribution is -2.15. The SMILES string of the molecule is Cc1cccc(C2=NCC(c3ccccc3C(C)(F)F)=N2)c1. The van der Waals surface area contributed by atoms with Crippen molar-refractivity contribution in [1.82, 2.24) is 0 Å². The van der Waals surface area contributed by atoms with Gasteiger partial charge in [-0.3, -0.25) is 4.99 Å². The number of aliphatic imine (C=N–C) groups is 2. The zero-order valence-corrected chi connectivity index (χ0v) is 12.5. The Balaban J connectivity index is 1.98. The smallest absolute Gasteiger partial charge is 0.260 e. The van der Waals surface area contributed by atoms with Crippen molar-refractivity contribution in [1.29, 1.82) is 0 Å². The molecule has 0 radical (unpaired) electrons. The van der Waals surface area contributed by atoms with Crippen LogP contribution < -0.4 is 0 Å². The standard InChI is InChI=1S/C18H16F2N2/c1-12-6-5-7-13(10-12)17-21-11-16(22-17)14-8-3-4-9-15(14)18(2,19)20/h3-10H,11H2,1-2H3. The number of rotatable bonds is 3. The topological polar surface area (TPSA) is 24.7 Å². The Morgan fingerprint density at radius 1 is 1.05 bits per heavy atom. The van der Waals surface area contributed by atoms with Gasteiger partial charge in [0.25, 0.3) is 5.92 Å². The highest BCUT2D eigenvalue weighted by atomic mass is 19.3. The summed E-state index contributed by atoms with van der Waals surface area (Å²) in [6.45, 7) is 3.23. The Morgan fingerprint density at radius 3 is 2.55 bits per heavy atom. The molecule has 0 amide bonds. The Hall–Kier alpha value is -2.36. The van der Waals surface area contributed by atoms with E-state index in [1.807, 2.05) is 31.2 Å². The van der Waals surface area contributed by atoms with Crippen LogP contribution in [0.2, 0.25) is 0 Å². The molecule has 0 N–H and O–H groups in total. The van der Waals surface area contributed by atoms with Crippen LogP contribution in [-0.2, 0) is 5.92 Å². The number of alkyl halides is 2. The molecule has 0 atom stereocenters. The monoisotopic (exact) mass is 298 g/mol. The van der Waals surface area contributed by atoms with Gasteiger partial charge >= 0.3 is 0 Å². The van der Waals surface area contributed by atoms with Crippen LogP contribution in [0.1, 0.15) is 29.2 Å². The minimum absolute atomic E-state index is 0.00515. The molecule has 4 heteroatoms. The fourth-order valence-electron chi connectivity index (χ4n) is 2.55. The lowest BCUT2D eigenvalue weighted by Gasteiger charge is -2.15. The van der Waals surface area contributed by atoms with Crippen molar-refractivity contribution in [2.45, 2.75) is 19.8 Å². The lowest BCUT2D eigenvalue weighted by atomic mass is 9.99. The Bertz CT molecular complexity index is 771. The minimum atomic E-state index is -2.90. The third kappa shape index (κ3) is 2.82. The minimum Gasteiger partial charge on any atom is -0.260 e. The van der Waals surface area contributed by atoms with Gasteiger partial charge in [0.15, 0.2) is 5.84 Å². The van der Waals surface area contributed by atoms with Gasteiger partial charge < -0.3 is 0 Å². The van der Waals surface area contributed by atoms with E-state index in [9.17, 15) is 8.78 Å². The van der Waals surface area contributed by atoms with Crippen LogP contribution in [-0.4, -0.2) is 18.1 Å². The molecule has 22 heavy (non-hydrogen) atoms. The van der Waals surface area contributed by atoms with Crippen LogP contribution >= 0.6 is 0 Å². The molecule has 112 valence electrons. The molecule has 1 aliphatic rings. The molecular weight excluding hydrogens is 282 g/mol. The number of halogens is 2. The van der Waals surface area contributed by atoms with Gasteiger partial charge in [-0.15, -0.1) is 0 Å². The van der Waals surface area contributed by atoms with Crippen molar-refractivity contribution in [2.24, 2.45) is 9.98 Å². The fraction of sp³-hybridized carbons (Fsp3) is 0.222. The van der Waals surface area contributed by atoms with Crippen LogP contribution in [0.15, 0.2) is 58.5 Å². The number of hydrogen-bond acceptors (Lipinski definition) is 2. The highest BCUT2D eigenvalue weighted by molar-refractivity contribution is 6.17. The van der Waals surface area contributed by atoms with Crippen LogP contribution in [0.3, 0.4) is 0 Å². The van der Waals surface area contributed by atoms with E-state index in [1.165, 1.54) is 6.07 Å². The normalized spacial score (nSPS) is 14.7. The quantitative estimate of drug-likeness (QED) is 0.804. The van der Waals surface area contributed by atoms with Crippen LogP contribution in [0.5, 0.6) is 0 Å². The van der Waals surface area contributed by atoms with Crippen molar-refractivity contribution in [3.8, 4) is 0 Å². The van der Waals surface area contributed by atoms with E-state index < -0.39 is 5.92 Å². The molecule has 1 heterocycles. The summed E-state index contributed by atoms with van der Waals surface area (Å²) in [4.78, 5) is 8.87. The van der Waals surface area contributed by atoms with E-state index in [0.717, 1.165) is 18.1 Å². The molecule has 2 nitrogen and oxygen atoms in total. The molecule has 0 saturated carbocycles. The third-order valence-corrected chi connectivity index (χ3v) is 3.61. The zero-order valence-electron chi connectivity index (χ0n) is 12.5. The van der Waals surface area contributed by atoms with Crippen LogP contribution in [0.4, 0.5) is 8.78 Å². The molecule has 2 aromatic carbocycles. The highest BCUT2D eigenvalue weighted by Crippen LogP contribution is 2.31. The second kappa shape index (κ2) is 5.44. The maximum atomic E-state index is 13.7. The molecule has 1 aliphatic heterocycles. The molecule has 3 rings (SSSR count). The first-order valence-corrected chi connectivity index (χ1v) is 7.12. The summed E-state index contributed by atoms with van der Waals surface area (Å²) in [5.41, 5.74) is 3.09. The van der Waals surface area contributed by atoms with Crippen molar-refractivity contribution in [3.05, 3.63) is 70.8 Å². The predicted octanol–water partition coefficient (Wildman–Crippen LogP) is 4.36. The second-order valence-electron chi connectivity index (χ2n) is 5.50. The number of hydrogen-bond donors (Lipinski definition) is 0. The van der Waals surface area contributed by atoms with Crippen molar-refractivity contribution >= 4 is 11.5 Å². The summed E-state index contributed by atoms with van der Waals surface area (Å²) in [5.74, 6) is -2.29. The van der Waals surface area contributed by atoms with E-state index in [4.69, 9.17) is 0 Å². The molecule has 0 bridgehead atoms. The molecule has 0 aliphatic carbocycles. The molecular formula is C18H16F2N2. The Morgan fingerprint density at radius 2 is 1.82 bits per heavy atom. The van der Waals surface area contributed by atoms with E-state index in [1.54, 1.807) is 18.2 Å². The Labute approximate surface area is 128 Å². The first-order valence-electron chi connectivity index (χ1n) is 7.12. The maximum absolute atomic E-state index is 13.7. The summed E-state index contributed by atoms with van der Waals surface area (Å²) in [7, 11) is 0. The van der Waals surface area contributed by atoms with E-state index in [2.05, 4.69) is 9.98 Å². The van der Waals surface area contributed by atoms with Crippen molar-refractivity contribution < 1.29 is 8.78 Å². The van der Waals surface area contributed by atoms with E-state index in [0.29, 0.717) is 23.7 Å². The Kier molecular flexibility index (Phi) is 3.61. The van der Waals surface area contributed by atoms with Gasteiger partial charge in [0.05, 0.1) is 12.3 Å². The summed E-state index contributed by atoms with van der Waals surface area (Å²) in [5, 5.41) is 0. The fourth-order valence-corrected chi connectivity index (χ4v) is 2.55. The van der Waals surface area contributed by atoms with Gasteiger partial charge in [-0.2, -0.15) is 0 Å². The van der Waals surface area contributed by atoms with Gasteiger partial charge in [0, 0.05) is 23.6 Å². The number of aryl methyl sites for hydroxylation is 1. The predicted molar refractivity (Wildman–Crippen MR) is 85.1 cm³/mol. The molecule has 0 fully saturated rings. The van der Waals surface area contributed by atoms with Gasteiger partial charge in [-0.05, 0) is 13.0 Å². The largest absolute Gasteiger partial charge is 0.271 e. The van der Waals surface area contributed by atoms with Crippen molar-refractivity contribution in [2.75, 3.05) is 6.54 Å². The van der Waals surface area contributed by atoms with Gasteiger partial charge in [-0.1, -0.05) is 48.0 Å². The second-order valence-corrected chi connectivity index (χ2v) is 5.50. The highest BCUT2D eigenvalue weighted by Gasteiger charge is 2.29. The molecule has 0 aromatic heterocycles. The molecule has 0 spiro atoms. The van der Waals surface area contributed by atoms with Crippen molar-refractivity contribution in [3.63, 3.8) is 0 Å². The molecule has 2 aromatic rings. The first kappa shape index (κ1) is 14.6. The number of nitrogens with zero attached hydrogens (tertiary/aromatic N) is 2. The molecule has 0 unspecified atom stereocenters. The molecule has 0 saturated heterocycles. The first-order chi connectivity index (χ1) is 10.4. The van der Waals surface area contributed by atoms with Gasteiger partial charge in [0.1, 0.15) is 0 Å². The summed E-state index contributed by atoms with van der Waals surface area (Å²) < 4.78 is 27.5. The van der Waals surface area contributed by atoms with E-state index >= 15 is 0 Å². The summed E-state index contributed by atoms with van der Waals surface area (Å²) >= 11 is 0. The zero-order chi connectivity index (χ0) is 15.7. The third-order valence-electron chi connectivity index (χ3n) is 3.61. The number of amidine groups is 1. The maximum Gasteiger partial charge on any atom is 0.271 e. The van der Waals surface area contributed by atoms with Gasteiger partial charge in [0.2, 0.25) is 0 Å². The lowest BCUT2D eigenvalue weighted by molar-refractivity contribution is 0.0173. The van der Waals surface area contributed by atoms with Gasteiger partial charge in [-0.25, -0.2) is 13.8 Å². The summed E-state index contributed by atoms with van der Waals surface area (Å²) in [6.07, 6.45) is 0. The van der Waals surface area contributed by atoms with Crippen LogP contribution in [0.25, 0.3) is 0 Å². The average Bonchev–Trinajstić information content (AvgIpc) is 2.96.